The summed E-state index contributed by atoms with van der Waals surface area (Å²) in [5.74, 6) is 0.999. The average Bonchev–Trinajstić information content (AvgIpc) is 3.85. The van der Waals surface area contributed by atoms with Crippen molar-refractivity contribution >= 4 is 60.7 Å². The maximum absolute atomic E-state index is 6.48. The van der Waals surface area contributed by atoms with Crippen LogP contribution in [0.5, 0.6) is 0 Å². The van der Waals surface area contributed by atoms with Gasteiger partial charge in [0.1, 0.15) is 11.3 Å². The summed E-state index contributed by atoms with van der Waals surface area (Å²) < 4.78 is 11.3. The molecule has 0 amide bonds. The summed E-state index contributed by atoms with van der Waals surface area (Å²) in [6.07, 6.45) is 6.43. The molecular formula is C48H32N2O. The van der Waals surface area contributed by atoms with Crippen molar-refractivity contribution in [1.82, 2.24) is 9.13 Å². The molecule has 0 saturated heterocycles. The predicted molar refractivity (Wildman–Crippen MR) is 213 cm³/mol. The van der Waals surface area contributed by atoms with Crippen LogP contribution in [0, 0.1) is 0 Å². The summed E-state index contributed by atoms with van der Waals surface area (Å²) in [5.41, 5.74) is 14.1. The monoisotopic (exact) mass is 652 g/mol. The second-order valence-electron chi connectivity index (χ2n) is 13.6. The molecule has 3 aromatic heterocycles. The average molecular weight is 653 g/mol. The summed E-state index contributed by atoms with van der Waals surface area (Å²) in [6.45, 7) is 0. The normalized spacial score (nSPS) is 12.9. The SMILES string of the molecule is C1=Cc2oc3c(-c4cccc(-n5c6ccccc6c6cc(-c7ccc8c(c7)c7ccccc7n8-c7ccccc7)ccc65)c4)cccc3c2CC1. The number of hydrogen-bond donors (Lipinski definition) is 0. The molecule has 0 radical (unpaired) electrons. The van der Waals surface area contributed by atoms with E-state index in [2.05, 4.69) is 179 Å². The topological polar surface area (TPSA) is 23.0 Å². The first-order valence-corrected chi connectivity index (χ1v) is 17.7. The Balaban J connectivity index is 1.06. The third kappa shape index (κ3) is 4.25. The van der Waals surface area contributed by atoms with Gasteiger partial charge >= 0.3 is 0 Å². The first kappa shape index (κ1) is 28.3. The molecule has 0 bridgehead atoms. The van der Waals surface area contributed by atoms with E-state index in [0.29, 0.717) is 0 Å². The van der Waals surface area contributed by atoms with Crippen LogP contribution in [0.2, 0.25) is 0 Å². The number of fused-ring (bicyclic) bond motifs is 9. The fourth-order valence-electron chi connectivity index (χ4n) is 8.48. The molecule has 0 fully saturated rings. The van der Waals surface area contributed by atoms with Gasteiger partial charge in [-0.3, -0.25) is 0 Å². The Kier molecular flexibility index (Phi) is 6.08. The summed E-state index contributed by atoms with van der Waals surface area (Å²) in [4.78, 5) is 0. The molecule has 1 aliphatic rings. The number of rotatable bonds is 4. The number of para-hydroxylation sites is 4. The fraction of sp³-hybridized carbons (Fsp3) is 0.0417. The van der Waals surface area contributed by atoms with Crippen molar-refractivity contribution in [3.63, 3.8) is 0 Å². The predicted octanol–water partition coefficient (Wildman–Crippen LogP) is 12.9. The molecule has 10 aromatic rings. The minimum Gasteiger partial charge on any atom is -0.456 e. The van der Waals surface area contributed by atoms with Crippen LogP contribution < -0.4 is 0 Å². The Morgan fingerprint density at radius 1 is 0.431 bits per heavy atom. The maximum Gasteiger partial charge on any atom is 0.142 e. The van der Waals surface area contributed by atoms with Crippen LogP contribution in [-0.4, -0.2) is 9.13 Å². The lowest BCUT2D eigenvalue weighted by Gasteiger charge is -2.11. The Morgan fingerprint density at radius 3 is 1.75 bits per heavy atom. The highest BCUT2D eigenvalue weighted by Gasteiger charge is 2.19. The van der Waals surface area contributed by atoms with E-state index >= 15 is 0 Å². The van der Waals surface area contributed by atoms with Crippen LogP contribution >= 0.6 is 0 Å². The van der Waals surface area contributed by atoms with E-state index < -0.39 is 0 Å². The van der Waals surface area contributed by atoms with Gasteiger partial charge < -0.3 is 13.6 Å². The molecule has 0 atom stereocenters. The van der Waals surface area contributed by atoms with Crippen LogP contribution in [0.3, 0.4) is 0 Å². The first-order valence-electron chi connectivity index (χ1n) is 17.7. The molecule has 3 heteroatoms. The minimum absolute atomic E-state index is 0.974. The van der Waals surface area contributed by atoms with Gasteiger partial charge in [-0.2, -0.15) is 0 Å². The van der Waals surface area contributed by atoms with Crippen molar-refractivity contribution in [3.05, 3.63) is 175 Å². The van der Waals surface area contributed by atoms with E-state index in [1.807, 2.05) is 0 Å². The zero-order valence-corrected chi connectivity index (χ0v) is 27.9. The van der Waals surface area contributed by atoms with Gasteiger partial charge in [-0.25, -0.2) is 0 Å². The Hall–Kier alpha value is -6.58. The standard InChI is InChI=1S/C48H32N2O/c1-2-13-34(14-3-1)49-43-21-7-4-16-37(43)41-29-31(24-26-45(41)49)32-25-27-46-42(30-32)38-17-5-8-22-44(38)50(46)35-15-10-12-33(28-35)36-19-11-20-40-39-18-6-9-23-47(39)51-48(36)40/h1-5,7-17,19-30H,6,18H2. The third-order valence-corrected chi connectivity index (χ3v) is 10.8. The molecular weight excluding hydrogens is 621 g/mol. The molecule has 0 saturated carbocycles. The van der Waals surface area contributed by atoms with E-state index in [1.54, 1.807) is 0 Å². The van der Waals surface area contributed by atoms with E-state index in [4.69, 9.17) is 4.42 Å². The van der Waals surface area contributed by atoms with Crippen LogP contribution in [0.25, 0.3) is 94.3 Å². The maximum atomic E-state index is 6.48. The van der Waals surface area contributed by atoms with Crippen molar-refractivity contribution in [3.8, 4) is 33.6 Å². The van der Waals surface area contributed by atoms with Gasteiger partial charge in [0, 0.05) is 49.4 Å². The van der Waals surface area contributed by atoms with Crippen molar-refractivity contribution in [2.75, 3.05) is 0 Å². The smallest absolute Gasteiger partial charge is 0.142 e. The second-order valence-corrected chi connectivity index (χ2v) is 13.6. The lowest BCUT2D eigenvalue weighted by atomic mass is 9.97. The summed E-state index contributed by atoms with van der Waals surface area (Å²) >= 11 is 0. The molecule has 7 aromatic carbocycles. The molecule has 3 nitrogen and oxygen atoms in total. The van der Waals surface area contributed by atoms with Crippen LogP contribution in [0.15, 0.2) is 168 Å². The number of hydrogen-bond acceptors (Lipinski definition) is 1. The number of allylic oxidation sites excluding steroid dienone is 1. The van der Waals surface area contributed by atoms with Crippen molar-refractivity contribution < 1.29 is 4.42 Å². The highest BCUT2D eigenvalue weighted by atomic mass is 16.3. The molecule has 3 heterocycles. The Labute approximate surface area is 294 Å². The zero-order chi connectivity index (χ0) is 33.5. The molecule has 0 spiro atoms. The van der Waals surface area contributed by atoms with Gasteiger partial charge in [0.15, 0.2) is 0 Å². The van der Waals surface area contributed by atoms with E-state index in [0.717, 1.165) is 41.0 Å². The van der Waals surface area contributed by atoms with Gasteiger partial charge in [-0.1, -0.05) is 103 Å². The minimum atomic E-state index is 0.974. The quantitative estimate of drug-likeness (QED) is 0.186. The molecule has 1 aliphatic carbocycles. The second kappa shape index (κ2) is 11.0. The van der Waals surface area contributed by atoms with Gasteiger partial charge in [0.05, 0.1) is 22.1 Å². The molecule has 240 valence electrons. The van der Waals surface area contributed by atoms with E-state index in [-0.39, 0.29) is 0 Å². The lowest BCUT2D eigenvalue weighted by molar-refractivity contribution is 0.596. The highest BCUT2D eigenvalue weighted by Crippen LogP contribution is 2.40. The number of aromatic nitrogens is 2. The Bertz CT molecular complexity index is 3020. The summed E-state index contributed by atoms with van der Waals surface area (Å²) in [5, 5.41) is 6.24. The van der Waals surface area contributed by atoms with Gasteiger partial charge in [-0.05, 0) is 96.3 Å². The summed E-state index contributed by atoms with van der Waals surface area (Å²) in [6, 6.07) is 57.5. The first-order chi connectivity index (χ1) is 25.3. The third-order valence-electron chi connectivity index (χ3n) is 10.8. The Morgan fingerprint density at radius 2 is 1.02 bits per heavy atom. The van der Waals surface area contributed by atoms with Gasteiger partial charge in [0.2, 0.25) is 0 Å². The van der Waals surface area contributed by atoms with Crippen molar-refractivity contribution in [1.29, 1.82) is 0 Å². The van der Waals surface area contributed by atoms with Crippen LogP contribution in [0.4, 0.5) is 0 Å². The van der Waals surface area contributed by atoms with Crippen molar-refractivity contribution in [2.45, 2.75) is 12.8 Å². The number of benzene rings is 7. The summed E-state index contributed by atoms with van der Waals surface area (Å²) in [7, 11) is 0. The zero-order valence-electron chi connectivity index (χ0n) is 27.9. The van der Waals surface area contributed by atoms with E-state index in [9.17, 15) is 0 Å². The van der Waals surface area contributed by atoms with Crippen LogP contribution in [-0.2, 0) is 6.42 Å². The van der Waals surface area contributed by atoms with Gasteiger partial charge in [0.25, 0.3) is 0 Å². The van der Waals surface area contributed by atoms with Crippen LogP contribution in [0.1, 0.15) is 17.7 Å². The molecule has 51 heavy (non-hydrogen) atoms. The molecule has 0 N–H and O–H groups in total. The number of furan rings is 1. The fourth-order valence-corrected chi connectivity index (χ4v) is 8.48. The number of aryl methyl sites for hydroxylation is 1. The highest BCUT2D eigenvalue weighted by molar-refractivity contribution is 6.13. The molecule has 0 aliphatic heterocycles. The largest absolute Gasteiger partial charge is 0.456 e. The van der Waals surface area contributed by atoms with E-state index in [1.165, 1.54) is 71.4 Å². The molecule has 0 unspecified atom stereocenters. The number of nitrogens with zero attached hydrogens (tertiary/aromatic N) is 2. The van der Waals surface area contributed by atoms with Crippen molar-refractivity contribution in [2.24, 2.45) is 0 Å². The lowest BCUT2D eigenvalue weighted by Crippen LogP contribution is -1.94. The molecule has 11 rings (SSSR count). The van der Waals surface area contributed by atoms with Gasteiger partial charge in [-0.15, -0.1) is 0 Å².